The van der Waals surface area contributed by atoms with Crippen LogP contribution >= 0.6 is 0 Å². The van der Waals surface area contributed by atoms with Crippen molar-refractivity contribution in [2.45, 2.75) is 46.1 Å². The average molecular weight is 703 g/mol. The molecule has 0 amide bonds. The molecule has 0 saturated carbocycles. The minimum absolute atomic E-state index is 0.00881. The second-order valence-corrected chi connectivity index (χ2v) is 13.7. The van der Waals surface area contributed by atoms with Crippen molar-refractivity contribution in [1.29, 1.82) is 0 Å². The van der Waals surface area contributed by atoms with Crippen LogP contribution in [-0.4, -0.2) is 75.6 Å². The van der Waals surface area contributed by atoms with Gasteiger partial charge in [-0.3, -0.25) is 0 Å². The summed E-state index contributed by atoms with van der Waals surface area (Å²) in [7, 11) is 1.39. The number of nitrogens with zero attached hydrogens (tertiary/aromatic N) is 8. The fourth-order valence-electron chi connectivity index (χ4n) is 6.04. The van der Waals surface area contributed by atoms with Gasteiger partial charge in [-0.2, -0.15) is 10.2 Å². The maximum Gasteiger partial charge on any atom is 0.350 e. The molecule has 5 aromatic rings. The first-order valence-electron chi connectivity index (χ1n) is 17.0. The number of methoxy groups -OCH3 is 1. The summed E-state index contributed by atoms with van der Waals surface area (Å²) in [6.45, 7) is 10.7. The van der Waals surface area contributed by atoms with Gasteiger partial charge in [-0.15, -0.1) is 0 Å². The fourth-order valence-corrected chi connectivity index (χ4v) is 6.04. The van der Waals surface area contributed by atoms with E-state index in [0.29, 0.717) is 12.3 Å². The molecule has 1 saturated heterocycles. The number of ether oxygens (including phenoxy) is 3. The topological polar surface area (TPSA) is 105 Å². The van der Waals surface area contributed by atoms with Crippen molar-refractivity contribution in [2.24, 2.45) is 5.41 Å². The van der Waals surface area contributed by atoms with Gasteiger partial charge in [0.1, 0.15) is 49.5 Å². The highest BCUT2D eigenvalue weighted by Gasteiger charge is 2.37. The molecule has 0 aliphatic carbocycles. The maximum atomic E-state index is 14.9. The molecule has 1 fully saturated rings. The van der Waals surface area contributed by atoms with Gasteiger partial charge in [-0.25, -0.2) is 32.5 Å². The molecule has 14 heteroatoms. The van der Waals surface area contributed by atoms with E-state index < -0.39 is 17.4 Å². The largest absolute Gasteiger partial charge is 0.491 e. The van der Waals surface area contributed by atoms with Gasteiger partial charge in [-0.05, 0) is 72.5 Å². The first-order chi connectivity index (χ1) is 24.5. The number of hydrogen-bond donors (Lipinski definition) is 0. The Hall–Kier alpha value is -5.08. The molecule has 12 nitrogen and oxygen atoms in total. The van der Waals surface area contributed by atoms with Gasteiger partial charge in [0, 0.05) is 62.8 Å². The number of rotatable bonds is 14. The Labute approximate surface area is 295 Å². The van der Waals surface area contributed by atoms with E-state index >= 15 is 0 Å². The fraction of sp³-hybridized carbons (Fsp3) is 0.405. The molecule has 0 N–H and O–H groups in total. The lowest BCUT2D eigenvalue weighted by Gasteiger charge is -2.37. The standard InChI is InChI=1S/C37H44F2N8O4/c1-36(2,3)15-16-47-35(48)46(27-42-47)31-8-6-29(7-9-31)43-17-19-44(20-18-43)30-10-12-32(13-11-30)50-21-22-51-37(49-4,24-45-26-40-25-41-45)33-14-5-28(38)23-34(33)39/h5-14,23,25-27H,15-22,24H2,1-4H3. The van der Waals surface area contributed by atoms with Crippen molar-refractivity contribution in [3.8, 4) is 11.4 Å². The Morgan fingerprint density at radius 2 is 1.45 bits per heavy atom. The van der Waals surface area contributed by atoms with Crippen LogP contribution in [0.25, 0.3) is 5.69 Å². The number of halogens is 2. The summed E-state index contributed by atoms with van der Waals surface area (Å²) in [5.74, 6) is -2.42. The highest BCUT2D eigenvalue weighted by molar-refractivity contribution is 5.54. The van der Waals surface area contributed by atoms with Crippen LogP contribution < -0.4 is 20.2 Å². The average Bonchev–Trinajstić information content (AvgIpc) is 3.78. The van der Waals surface area contributed by atoms with Crippen LogP contribution in [0.15, 0.2) is 90.5 Å². The Balaban J connectivity index is 0.995. The monoisotopic (exact) mass is 702 g/mol. The Kier molecular flexibility index (Phi) is 10.8. The minimum Gasteiger partial charge on any atom is -0.491 e. The molecule has 1 aliphatic rings. The van der Waals surface area contributed by atoms with Crippen LogP contribution in [0.3, 0.4) is 0 Å². The van der Waals surface area contributed by atoms with Gasteiger partial charge < -0.3 is 24.0 Å². The molecule has 0 radical (unpaired) electrons. The molecule has 3 aromatic carbocycles. The molecule has 0 spiro atoms. The van der Waals surface area contributed by atoms with E-state index in [4.69, 9.17) is 14.2 Å². The zero-order valence-corrected chi connectivity index (χ0v) is 29.4. The van der Waals surface area contributed by atoms with Crippen LogP contribution in [0.4, 0.5) is 20.2 Å². The van der Waals surface area contributed by atoms with Crippen LogP contribution in [0.1, 0.15) is 32.8 Å². The lowest BCUT2D eigenvalue weighted by Crippen LogP contribution is -2.46. The van der Waals surface area contributed by atoms with Crippen LogP contribution in [0.5, 0.6) is 5.75 Å². The summed E-state index contributed by atoms with van der Waals surface area (Å²) >= 11 is 0. The summed E-state index contributed by atoms with van der Waals surface area (Å²) in [5, 5.41) is 8.40. The normalized spacial score (nSPS) is 14.9. The van der Waals surface area contributed by atoms with Gasteiger partial charge in [-0.1, -0.05) is 20.8 Å². The predicted molar refractivity (Wildman–Crippen MR) is 189 cm³/mol. The highest BCUT2D eigenvalue weighted by Crippen LogP contribution is 2.32. The zero-order valence-electron chi connectivity index (χ0n) is 29.4. The maximum absolute atomic E-state index is 14.9. The van der Waals surface area contributed by atoms with Crippen molar-refractivity contribution in [1.82, 2.24) is 29.1 Å². The summed E-state index contributed by atoms with van der Waals surface area (Å²) in [6.07, 6.45) is 5.28. The van der Waals surface area contributed by atoms with Gasteiger partial charge >= 0.3 is 5.69 Å². The lowest BCUT2D eigenvalue weighted by atomic mass is 9.92. The van der Waals surface area contributed by atoms with Crippen molar-refractivity contribution >= 4 is 11.4 Å². The molecule has 1 aliphatic heterocycles. The van der Waals surface area contributed by atoms with E-state index in [0.717, 1.165) is 61.8 Å². The Morgan fingerprint density at radius 3 is 2.04 bits per heavy atom. The minimum atomic E-state index is -1.58. The molecule has 51 heavy (non-hydrogen) atoms. The SMILES string of the molecule is COC(Cn1cncn1)(OCCOc1ccc(N2CCN(c3ccc(-n4cnn(CCC(C)(C)C)c4=O)cc3)CC2)cc1)c1ccc(F)cc1F. The van der Waals surface area contributed by atoms with Gasteiger partial charge in [0.25, 0.3) is 0 Å². The second kappa shape index (κ2) is 15.4. The van der Waals surface area contributed by atoms with Crippen LogP contribution in [0.2, 0.25) is 0 Å². The summed E-state index contributed by atoms with van der Waals surface area (Å²) in [5.41, 5.74) is 3.03. The summed E-state index contributed by atoms with van der Waals surface area (Å²) in [4.78, 5) is 21.5. The number of hydrogen-bond acceptors (Lipinski definition) is 9. The van der Waals surface area contributed by atoms with E-state index in [-0.39, 0.29) is 36.4 Å². The number of anilines is 2. The third kappa shape index (κ3) is 8.63. The van der Waals surface area contributed by atoms with Crippen LogP contribution in [0, 0.1) is 17.0 Å². The predicted octanol–water partition coefficient (Wildman–Crippen LogP) is 5.26. The summed E-state index contributed by atoms with van der Waals surface area (Å²) in [6, 6.07) is 19.2. The molecule has 0 bridgehead atoms. The van der Waals surface area contributed by atoms with Gasteiger partial charge in [0.2, 0.25) is 5.79 Å². The highest BCUT2D eigenvalue weighted by atomic mass is 19.1. The van der Waals surface area contributed by atoms with Gasteiger partial charge in [0.05, 0.1) is 12.3 Å². The third-order valence-electron chi connectivity index (χ3n) is 8.98. The molecule has 3 heterocycles. The molecular weight excluding hydrogens is 658 g/mol. The van der Waals surface area contributed by atoms with Crippen molar-refractivity contribution in [3.05, 3.63) is 113 Å². The molecule has 1 atom stereocenters. The number of benzene rings is 3. The number of aromatic nitrogens is 6. The van der Waals surface area contributed by atoms with Crippen molar-refractivity contribution in [2.75, 3.05) is 56.3 Å². The zero-order chi connectivity index (χ0) is 36.0. The molecular formula is C37H44F2N8O4. The molecule has 1 unspecified atom stereocenters. The first-order valence-corrected chi connectivity index (χ1v) is 17.0. The van der Waals surface area contributed by atoms with Gasteiger partial charge in [0.15, 0.2) is 0 Å². The second-order valence-electron chi connectivity index (χ2n) is 13.7. The lowest BCUT2D eigenvalue weighted by molar-refractivity contribution is -0.245. The summed E-state index contributed by atoms with van der Waals surface area (Å²) < 4.78 is 50.8. The molecule has 6 rings (SSSR count). The van der Waals surface area contributed by atoms with E-state index in [1.54, 1.807) is 10.9 Å². The molecule has 2 aromatic heterocycles. The van der Waals surface area contributed by atoms with Crippen LogP contribution in [-0.2, 0) is 28.4 Å². The third-order valence-corrected chi connectivity index (χ3v) is 8.98. The van der Waals surface area contributed by atoms with Crippen molar-refractivity contribution in [3.63, 3.8) is 0 Å². The van der Waals surface area contributed by atoms with E-state index in [2.05, 4.69) is 57.9 Å². The van der Waals surface area contributed by atoms with E-state index in [1.807, 2.05) is 36.4 Å². The first kappa shape index (κ1) is 35.7. The van der Waals surface area contributed by atoms with Crippen molar-refractivity contribution < 1.29 is 23.0 Å². The van der Waals surface area contributed by atoms with E-state index in [9.17, 15) is 13.6 Å². The molecule has 270 valence electrons. The quantitative estimate of drug-likeness (QED) is 0.113. The number of aryl methyl sites for hydroxylation is 1. The van der Waals surface area contributed by atoms with E-state index in [1.165, 1.54) is 35.2 Å². The Bertz CT molecular complexity index is 1920. The number of piperazine rings is 1. The Morgan fingerprint density at radius 1 is 0.804 bits per heavy atom. The smallest absolute Gasteiger partial charge is 0.350 e.